The maximum atomic E-state index is 4.60. The van der Waals surface area contributed by atoms with Crippen molar-refractivity contribution in [3.05, 3.63) is 95.9 Å². The third-order valence-electron chi connectivity index (χ3n) is 4.61. The molecular formula is C22H15N3. The normalized spacial score (nSPS) is 14.7. The fraction of sp³-hybridized carbons (Fsp3) is 0. The maximum absolute atomic E-state index is 4.60. The summed E-state index contributed by atoms with van der Waals surface area (Å²) in [6, 6.07) is 20.7. The summed E-state index contributed by atoms with van der Waals surface area (Å²) in [5.74, 6) is 0. The summed E-state index contributed by atoms with van der Waals surface area (Å²) in [7, 11) is 0. The molecule has 1 N–H and O–H groups in total. The van der Waals surface area contributed by atoms with Crippen molar-refractivity contribution in [2.24, 2.45) is 4.99 Å². The van der Waals surface area contributed by atoms with Crippen LogP contribution in [0.5, 0.6) is 0 Å². The van der Waals surface area contributed by atoms with Crippen LogP contribution in [0.25, 0.3) is 22.0 Å². The number of aromatic amines is 1. The minimum atomic E-state index is 1.01. The lowest BCUT2D eigenvalue weighted by Gasteiger charge is -2.11. The molecule has 2 aromatic heterocycles. The van der Waals surface area contributed by atoms with Crippen molar-refractivity contribution in [2.75, 3.05) is 0 Å². The Kier molecular flexibility index (Phi) is 3.10. The Morgan fingerprint density at radius 3 is 2.68 bits per heavy atom. The molecule has 3 heteroatoms. The first-order valence-electron chi connectivity index (χ1n) is 8.26. The molecule has 1 aliphatic rings. The van der Waals surface area contributed by atoms with Crippen molar-refractivity contribution in [3.63, 3.8) is 0 Å². The molecule has 0 saturated carbocycles. The number of aliphatic imine (C=N–C) groups is 1. The number of H-pyrrole nitrogens is 1. The molecule has 5 rings (SSSR count). The van der Waals surface area contributed by atoms with Crippen molar-refractivity contribution >= 4 is 34.0 Å². The molecule has 0 spiro atoms. The second-order valence-electron chi connectivity index (χ2n) is 6.05. The van der Waals surface area contributed by atoms with E-state index in [0.29, 0.717) is 0 Å². The van der Waals surface area contributed by atoms with E-state index in [2.05, 4.69) is 63.6 Å². The zero-order valence-corrected chi connectivity index (χ0v) is 13.5. The van der Waals surface area contributed by atoms with Gasteiger partial charge in [-0.05, 0) is 18.2 Å². The number of hydrogen-bond donors (Lipinski definition) is 1. The number of rotatable bonds is 2. The van der Waals surface area contributed by atoms with E-state index in [1.165, 1.54) is 10.9 Å². The van der Waals surface area contributed by atoms with Gasteiger partial charge in [0.1, 0.15) is 0 Å². The number of aromatic nitrogens is 2. The Morgan fingerprint density at radius 2 is 1.76 bits per heavy atom. The van der Waals surface area contributed by atoms with Gasteiger partial charge in [0.2, 0.25) is 0 Å². The number of nitrogens with zero attached hydrogens (tertiary/aromatic N) is 2. The molecular weight excluding hydrogens is 306 g/mol. The number of hydrogen-bond acceptors (Lipinski definition) is 2. The van der Waals surface area contributed by atoms with Gasteiger partial charge >= 0.3 is 0 Å². The van der Waals surface area contributed by atoms with Gasteiger partial charge in [0, 0.05) is 63.5 Å². The summed E-state index contributed by atoms with van der Waals surface area (Å²) < 4.78 is 0. The van der Waals surface area contributed by atoms with E-state index in [9.17, 15) is 0 Å². The van der Waals surface area contributed by atoms with Crippen LogP contribution in [0.1, 0.15) is 16.7 Å². The van der Waals surface area contributed by atoms with Crippen LogP contribution in [0.2, 0.25) is 0 Å². The first kappa shape index (κ1) is 13.9. The van der Waals surface area contributed by atoms with Gasteiger partial charge in [0.05, 0.1) is 5.69 Å². The maximum Gasteiger partial charge on any atom is 0.0709 e. The number of benzene rings is 2. The molecule has 118 valence electrons. The molecule has 4 aromatic rings. The standard InChI is InChI=1S/C22H15N3/c1-3-9-20-16(7-1)18(13-24-20)22(15-6-5-11-23-12-15)19-14-25-21-10-4-2-8-17(19)21/h1-14,24H. The second-order valence-corrected chi connectivity index (χ2v) is 6.05. The van der Waals surface area contributed by atoms with Gasteiger partial charge in [-0.15, -0.1) is 0 Å². The minimum absolute atomic E-state index is 1.01. The van der Waals surface area contributed by atoms with E-state index in [1.54, 1.807) is 6.20 Å². The number of pyridine rings is 1. The molecule has 0 amide bonds. The predicted molar refractivity (Wildman–Crippen MR) is 103 cm³/mol. The van der Waals surface area contributed by atoms with Gasteiger partial charge in [0.15, 0.2) is 0 Å². The van der Waals surface area contributed by atoms with Crippen LogP contribution in [-0.4, -0.2) is 16.2 Å². The topological polar surface area (TPSA) is 41.0 Å². The monoisotopic (exact) mass is 321 g/mol. The quantitative estimate of drug-likeness (QED) is 0.539. The zero-order valence-electron chi connectivity index (χ0n) is 13.5. The summed E-state index contributed by atoms with van der Waals surface area (Å²) in [5, 5.41) is 1.20. The summed E-state index contributed by atoms with van der Waals surface area (Å²) in [6.45, 7) is 0. The Bertz CT molecular complexity index is 1130. The van der Waals surface area contributed by atoms with Crippen molar-refractivity contribution in [2.45, 2.75) is 0 Å². The third-order valence-corrected chi connectivity index (χ3v) is 4.61. The molecule has 0 radical (unpaired) electrons. The number of nitrogens with one attached hydrogen (secondary N) is 1. The Hall–Kier alpha value is -3.46. The van der Waals surface area contributed by atoms with Crippen molar-refractivity contribution in [3.8, 4) is 0 Å². The third kappa shape index (κ3) is 2.21. The van der Waals surface area contributed by atoms with E-state index in [4.69, 9.17) is 0 Å². The Balaban J connectivity index is 1.86. The summed E-state index contributed by atoms with van der Waals surface area (Å²) >= 11 is 0. The highest BCUT2D eigenvalue weighted by atomic mass is 14.8. The average molecular weight is 321 g/mol. The van der Waals surface area contributed by atoms with Crippen LogP contribution < -0.4 is 0 Å². The highest BCUT2D eigenvalue weighted by molar-refractivity contribution is 6.27. The van der Waals surface area contributed by atoms with E-state index in [0.717, 1.165) is 33.5 Å². The highest BCUT2D eigenvalue weighted by Gasteiger charge is 2.20. The molecule has 0 aliphatic carbocycles. The predicted octanol–water partition coefficient (Wildman–Crippen LogP) is 5.24. The molecule has 2 aromatic carbocycles. The van der Waals surface area contributed by atoms with Gasteiger partial charge in [0.25, 0.3) is 0 Å². The summed E-state index contributed by atoms with van der Waals surface area (Å²) in [4.78, 5) is 12.3. The van der Waals surface area contributed by atoms with Crippen LogP contribution >= 0.6 is 0 Å². The molecule has 3 nitrogen and oxygen atoms in total. The lowest BCUT2D eigenvalue weighted by molar-refractivity contribution is 1.31. The van der Waals surface area contributed by atoms with Crippen molar-refractivity contribution < 1.29 is 0 Å². The first-order chi connectivity index (χ1) is 12.4. The molecule has 3 heterocycles. The molecule has 0 atom stereocenters. The van der Waals surface area contributed by atoms with E-state index < -0.39 is 0 Å². The molecule has 0 unspecified atom stereocenters. The van der Waals surface area contributed by atoms with Crippen LogP contribution in [0.15, 0.2) is 84.2 Å². The van der Waals surface area contributed by atoms with E-state index >= 15 is 0 Å². The lowest BCUT2D eigenvalue weighted by atomic mass is 9.91. The largest absolute Gasteiger partial charge is 0.361 e. The SMILES string of the molecule is C1=Nc2ccccc2C1=C(c1cccnc1)c1c[nH]c2ccccc12. The fourth-order valence-corrected chi connectivity index (χ4v) is 3.46. The number of fused-ring (bicyclic) bond motifs is 2. The van der Waals surface area contributed by atoms with Crippen LogP contribution in [-0.2, 0) is 0 Å². The van der Waals surface area contributed by atoms with Gasteiger partial charge < -0.3 is 4.98 Å². The van der Waals surface area contributed by atoms with Gasteiger partial charge in [-0.25, -0.2) is 0 Å². The minimum Gasteiger partial charge on any atom is -0.361 e. The molecule has 0 saturated heterocycles. The molecule has 0 bridgehead atoms. The summed E-state index contributed by atoms with van der Waals surface area (Å²) in [5.41, 5.74) is 7.84. The molecule has 25 heavy (non-hydrogen) atoms. The second kappa shape index (κ2) is 5.56. The van der Waals surface area contributed by atoms with Gasteiger partial charge in [-0.1, -0.05) is 42.5 Å². The van der Waals surface area contributed by atoms with E-state index in [-0.39, 0.29) is 0 Å². The van der Waals surface area contributed by atoms with E-state index in [1.807, 2.05) is 30.6 Å². The Morgan fingerprint density at radius 1 is 0.880 bits per heavy atom. The van der Waals surface area contributed by atoms with Crippen molar-refractivity contribution in [1.29, 1.82) is 0 Å². The lowest BCUT2D eigenvalue weighted by Crippen LogP contribution is -1.94. The molecule has 1 aliphatic heterocycles. The Labute approximate surface area is 145 Å². The van der Waals surface area contributed by atoms with Crippen LogP contribution in [0.3, 0.4) is 0 Å². The number of para-hydroxylation sites is 2. The zero-order chi connectivity index (χ0) is 16.6. The average Bonchev–Trinajstić information content (AvgIpc) is 3.29. The van der Waals surface area contributed by atoms with Gasteiger partial charge in [-0.3, -0.25) is 9.98 Å². The highest BCUT2D eigenvalue weighted by Crippen LogP contribution is 2.40. The number of allylic oxidation sites excluding steroid dienone is 1. The molecule has 0 fully saturated rings. The smallest absolute Gasteiger partial charge is 0.0709 e. The van der Waals surface area contributed by atoms with Crippen LogP contribution in [0.4, 0.5) is 5.69 Å². The first-order valence-corrected chi connectivity index (χ1v) is 8.26. The summed E-state index contributed by atoms with van der Waals surface area (Å²) in [6.07, 6.45) is 7.76. The van der Waals surface area contributed by atoms with Crippen LogP contribution in [0, 0.1) is 0 Å². The van der Waals surface area contributed by atoms with Gasteiger partial charge in [-0.2, -0.15) is 0 Å². The fourth-order valence-electron chi connectivity index (χ4n) is 3.46. The van der Waals surface area contributed by atoms with Crippen molar-refractivity contribution in [1.82, 2.24) is 9.97 Å².